The van der Waals surface area contributed by atoms with Crippen LogP contribution in [-0.4, -0.2) is 36.9 Å². The number of para-hydroxylation sites is 1. The Morgan fingerprint density at radius 2 is 1.93 bits per heavy atom. The van der Waals surface area contributed by atoms with Gasteiger partial charge in [0.15, 0.2) is 0 Å². The van der Waals surface area contributed by atoms with Crippen molar-refractivity contribution in [1.29, 1.82) is 0 Å². The number of pyridine rings is 1. The summed E-state index contributed by atoms with van der Waals surface area (Å²) in [4.78, 5) is 4.83. The fourth-order valence-corrected chi connectivity index (χ4v) is 6.03. The van der Waals surface area contributed by atoms with E-state index < -0.39 is 0 Å². The Balaban J connectivity index is 1.27. The highest BCUT2D eigenvalue weighted by Gasteiger charge is 2.48. The summed E-state index contributed by atoms with van der Waals surface area (Å²) in [6.45, 7) is 1.90. The molecule has 30 heavy (non-hydrogen) atoms. The van der Waals surface area contributed by atoms with Crippen molar-refractivity contribution < 1.29 is 9.47 Å². The van der Waals surface area contributed by atoms with E-state index in [-0.39, 0.29) is 11.0 Å². The fraction of sp³-hybridized carbons (Fsp3) is 0.577. The molecule has 2 aliphatic carbocycles. The molecule has 1 spiro atoms. The van der Waals surface area contributed by atoms with Gasteiger partial charge in [-0.15, -0.1) is 0 Å². The Morgan fingerprint density at radius 3 is 2.73 bits per heavy atom. The molecule has 1 aliphatic heterocycles. The molecule has 3 aliphatic rings. The summed E-state index contributed by atoms with van der Waals surface area (Å²) in [7, 11) is 1.77. The standard InChI is InChI=1S/C26H34N2O2/c1-29-23-9-3-2-8-20(23)21-18-22(21)27-16-13-25(24-10-4-7-15-28-24)14-17-30-26(19-25)11-5-6-12-26/h2-4,7-10,15,21-22,27H,5-6,11-14,16-19H2,1H3/t21-,22+,25?/m0/s1. The van der Waals surface area contributed by atoms with Gasteiger partial charge < -0.3 is 14.8 Å². The minimum absolute atomic E-state index is 0.0926. The molecule has 1 aromatic carbocycles. The summed E-state index contributed by atoms with van der Waals surface area (Å²) in [5.41, 5.74) is 2.83. The van der Waals surface area contributed by atoms with Gasteiger partial charge in [0.05, 0.1) is 12.7 Å². The molecule has 5 rings (SSSR count). The van der Waals surface area contributed by atoms with Gasteiger partial charge in [-0.2, -0.15) is 0 Å². The molecule has 1 aromatic heterocycles. The van der Waals surface area contributed by atoms with Gasteiger partial charge in [-0.1, -0.05) is 37.1 Å². The second kappa shape index (κ2) is 8.32. The van der Waals surface area contributed by atoms with Crippen molar-refractivity contribution in [2.75, 3.05) is 20.3 Å². The van der Waals surface area contributed by atoms with Gasteiger partial charge in [0.1, 0.15) is 5.75 Å². The van der Waals surface area contributed by atoms with Crippen LogP contribution in [0.1, 0.15) is 68.5 Å². The van der Waals surface area contributed by atoms with Crippen LogP contribution in [0.25, 0.3) is 0 Å². The zero-order chi connectivity index (χ0) is 20.4. The van der Waals surface area contributed by atoms with E-state index >= 15 is 0 Å². The molecule has 0 amide bonds. The second-order valence-electron chi connectivity index (χ2n) is 9.56. The first kappa shape index (κ1) is 20.0. The molecular formula is C26H34N2O2. The highest BCUT2D eigenvalue weighted by Crippen LogP contribution is 2.50. The molecule has 3 fully saturated rings. The molecular weight excluding hydrogens is 372 g/mol. The Morgan fingerprint density at radius 1 is 1.10 bits per heavy atom. The van der Waals surface area contributed by atoms with Crippen LogP contribution in [0.5, 0.6) is 5.75 Å². The molecule has 0 radical (unpaired) electrons. The lowest BCUT2D eigenvalue weighted by Crippen LogP contribution is -2.47. The summed E-state index contributed by atoms with van der Waals surface area (Å²) in [5.74, 6) is 1.59. The van der Waals surface area contributed by atoms with Gasteiger partial charge in [-0.25, -0.2) is 0 Å². The number of benzene rings is 1. The lowest BCUT2D eigenvalue weighted by molar-refractivity contribution is -0.104. The predicted octanol–water partition coefficient (Wildman–Crippen LogP) is 4.99. The first-order valence-electron chi connectivity index (χ1n) is 11.7. The minimum Gasteiger partial charge on any atom is -0.496 e. The van der Waals surface area contributed by atoms with Gasteiger partial charge in [-0.05, 0) is 68.8 Å². The maximum Gasteiger partial charge on any atom is 0.122 e. The minimum atomic E-state index is 0.0926. The van der Waals surface area contributed by atoms with Gasteiger partial charge in [0.25, 0.3) is 0 Å². The van der Waals surface area contributed by atoms with Gasteiger partial charge in [0.2, 0.25) is 0 Å². The smallest absolute Gasteiger partial charge is 0.122 e. The van der Waals surface area contributed by atoms with Crippen molar-refractivity contribution >= 4 is 0 Å². The molecule has 2 heterocycles. The van der Waals surface area contributed by atoms with E-state index in [9.17, 15) is 0 Å². The maximum atomic E-state index is 6.38. The summed E-state index contributed by atoms with van der Waals surface area (Å²) in [6, 6.07) is 15.4. The average Bonchev–Trinajstić information content (AvgIpc) is 3.44. The van der Waals surface area contributed by atoms with Crippen LogP contribution < -0.4 is 10.1 Å². The van der Waals surface area contributed by atoms with Gasteiger partial charge in [0, 0.05) is 35.9 Å². The third kappa shape index (κ3) is 3.88. The summed E-state index contributed by atoms with van der Waals surface area (Å²) < 4.78 is 12.0. The van der Waals surface area contributed by atoms with Crippen LogP contribution in [0, 0.1) is 0 Å². The van der Waals surface area contributed by atoms with Crippen LogP contribution in [0.15, 0.2) is 48.7 Å². The molecule has 160 valence electrons. The molecule has 4 heteroatoms. The Bertz CT molecular complexity index is 849. The van der Waals surface area contributed by atoms with E-state index in [0.29, 0.717) is 12.0 Å². The SMILES string of the molecule is COc1ccccc1[C@@H]1C[C@H]1NCCC1(c2ccccn2)CCOC2(CCCC2)C1. The number of nitrogens with zero attached hydrogens (tertiary/aromatic N) is 1. The lowest BCUT2D eigenvalue weighted by Gasteiger charge is -2.46. The lowest BCUT2D eigenvalue weighted by atomic mass is 9.68. The highest BCUT2D eigenvalue weighted by molar-refractivity contribution is 5.40. The first-order chi connectivity index (χ1) is 14.7. The van der Waals surface area contributed by atoms with Crippen LogP contribution in [0.2, 0.25) is 0 Å². The molecule has 3 atom stereocenters. The quantitative estimate of drug-likeness (QED) is 0.704. The monoisotopic (exact) mass is 406 g/mol. The summed E-state index contributed by atoms with van der Waals surface area (Å²) in [5, 5.41) is 3.85. The zero-order valence-corrected chi connectivity index (χ0v) is 18.1. The number of hydrogen-bond acceptors (Lipinski definition) is 4. The number of nitrogens with one attached hydrogen (secondary N) is 1. The highest BCUT2D eigenvalue weighted by atomic mass is 16.5. The Labute approximate surface area is 180 Å². The van der Waals surface area contributed by atoms with Gasteiger partial charge >= 0.3 is 0 Å². The van der Waals surface area contributed by atoms with Crippen molar-refractivity contribution in [3.05, 3.63) is 59.9 Å². The van der Waals surface area contributed by atoms with Crippen molar-refractivity contribution in [2.45, 2.75) is 74.3 Å². The maximum absolute atomic E-state index is 6.38. The molecule has 2 aromatic rings. The van der Waals surface area contributed by atoms with E-state index in [1.54, 1.807) is 7.11 Å². The van der Waals surface area contributed by atoms with E-state index in [4.69, 9.17) is 14.5 Å². The Hall–Kier alpha value is -1.91. The number of ether oxygens (including phenoxy) is 2. The van der Waals surface area contributed by atoms with Crippen LogP contribution in [-0.2, 0) is 10.2 Å². The number of aromatic nitrogens is 1. The average molecular weight is 407 g/mol. The molecule has 2 saturated carbocycles. The fourth-order valence-electron chi connectivity index (χ4n) is 6.03. The summed E-state index contributed by atoms with van der Waals surface area (Å²) in [6.07, 6.45) is 11.5. The first-order valence-corrected chi connectivity index (χ1v) is 11.7. The molecule has 1 saturated heterocycles. The third-order valence-electron chi connectivity index (χ3n) is 7.71. The van der Waals surface area contributed by atoms with E-state index in [0.717, 1.165) is 38.2 Å². The van der Waals surface area contributed by atoms with Crippen molar-refractivity contribution in [1.82, 2.24) is 10.3 Å². The molecule has 0 bridgehead atoms. The van der Waals surface area contributed by atoms with E-state index in [2.05, 4.69) is 35.6 Å². The van der Waals surface area contributed by atoms with Crippen LogP contribution in [0.4, 0.5) is 0 Å². The molecule has 1 unspecified atom stereocenters. The van der Waals surface area contributed by atoms with Crippen LogP contribution >= 0.6 is 0 Å². The summed E-state index contributed by atoms with van der Waals surface area (Å²) >= 11 is 0. The third-order valence-corrected chi connectivity index (χ3v) is 7.71. The van der Waals surface area contributed by atoms with E-state index in [1.165, 1.54) is 43.4 Å². The Kier molecular flexibility index (Phi) is 5.55. The molecule has 1 N–H and O–H groups in total. The zero-order valence-electron chi connectivity index (χ0n) is 18.1. The topological polar surface area (TPSA) is 43.4 Å². The number of hydrogen-bond donors (Lipinski definition) is 1. The van der Waals surface area contributed by atoms with Crippen molar-refractivity contribution in [3.63, 3.8) is 0 Å². The van der Waals surface area contributed by atoms with Crippen LogP contribution in [0.3, 0.4) is 0 Å². The van der Waals surface area contributed by atoms with Crippen molar-refractivity contribution in [3.8, 4) is 5.75 Å². The normalized spacial score (nSPS) is 29.8. The second-order valence-corrected chi connectivity index (χ2v) is 9.56. The number of methoxy groups -OCH3 is 1. The van der Waals surface area contributed by atoms with Crippen molar-refractivity contribution in [2.24, 2.45) is 0 Å². The molecule has 4 nitrogen and oxygen atoms in total. The number of rotatable bonds is 7. The van der Waals surface area contributed by atoms with E-state index in [1.807, 2.05) is 18.3 Å². The largest absolute Gasteiger partial charge is 0.496 e. The van der Waals surface area contributed by atoms with Gasteiger partial charge in [-0.3, -0.25) is 4.98 Å². The predicted molar refractivity (Wildman–Crippen MR) is 119 cm³/mol.